The van der Waals surface area contributed by atoms with E-state index in [1.807, 2.05) is 50.9 Å². The highest BCUT2D eigenvalue weighted by Crippen LogP contribution is 2.39. The number of piperazine rings is 1. The molecule has 47 heavy (non-hydrogen) atoms. The third-order valence-corrected chi connectivity index (χ3v) is 10.3. The van der Waals surface area contributed by atoms with Crippen LogP contribution in [0.4, 0.5) is 4.79 Å². The van der Waals surface area contributed by atoms with Gasteiger partial charge in [-0.2, -0.15) is 0 Å². The maximum absolute atomic E-state index is 14.6. The normalized spacial score (nSPS) is 22.0. The molecule has 10 nitrogen and oxygen atoms in total. The number of hydrogen-bond acceptors (Lipinski definition) is 7. The molecule has 0 bridgehead atoms. The molecule has 4 heterocycles. The van der Waals surface area contributed by atoms with Crippen LogP contribution in [0.5, 0.6) is 0 Å². The van der Waals surface area contributed by atoms with E-state index >= 15 is 0 Å². The minimum atomic E-state index is -0.716. The standard InChI is InChI=1S/C35H44BrClN6O4/c1-22-29(20-44)39-21-42(22)18-23-6-5-11-41(17-23)33(45)30-19-40(12-13-43(30)34(46)47-35(2,3)4)32-28-10-9-27(37)15-24(28)7-8-25-14-26(36)16-38-31(25)32/h9-10,14-16,21,23,30,32,44H,5-8,11-13,17-20H2,1-4H3/t23-,30-,32?/m1/s1. The van der Waals surface area contributed by atoms with Gasteiger partial charge in [-0.1, -0.05) is 17.7 Å². The lowest BCUT2D eigenvalue weighted by atomic mass is 9.94. The van der Waals surface area contributed by atoms with E-state index in [0.29, 0.717) is 50.0 Å². The van der Waals surface area contributed by atoms with Crippen molar-refractivity contribution < 1.29 is 19.4 Å². The summed E-state index contributed by atoms with van der Waals surface area (Å²) in [5.74, 6) is 0.174. The van der Waals surface area contributed by atoms with E-state index in [2.05, 4.69) is 42.5 Å². The summed E-state index contributed by atoms with van der Waals surface area (Å²) < 4.78 is 8.84. The summed E-state index contributed by atoms with van der Waals surface area (Å²) in [6.45, 7) is 10.6. The Morgan fingerprint density at radius 1 is 1.09 bits per heavy atom. The first-order valence-electron chi connectivity index (χ1n) is 16.5. The van der Waals surface area contributed by atoms with Crippen molar-refractivity contribution in [3.8, 4) is 0 Å². The van der Waals surface area contributed by atoms with Crippen molar-refractivity contribution in [3.05, 3.63) is 80.1 Å². The van der Waals surface area contributed by atoms with Gasteiger partial charge >= 0.3 is 6.09 Å². The molecule has 6 rings (SSSR count). The zero-order valence-corrected chi connectivity index (χ0v) is 29.9. The van der Waals surface area contributed by atoms with Crippen molar-refractivity contribution in [1.29, 1.82) is 0 Å². The van der Waals surface area contributed by atoms with Gasteiger partial charge in [0.05, 0.1) is 30.4 Å². The number of likely N-dealkylation sites (tertiary alicyclic amines) is 1. The number of nitrogens with zero attached hydrogens (tertiary/aromatic N) is 6. The Morgan fingerprint density at radius 3 is 2.62 bits per heavy atom. The highest BCUT2D eigenvalue weighted by Gasteiger charge is 2.43. The fourth-order valence-corrected chi connectivity index (χ4v) is 7.87. The Kier molecular flexibility index (Phi) is 9.99. The number of rotatable bonds is 5. The quantitative estimate of drug-likeness (QED) is 0.368. The molecule has 3 aliphatic rings. The van der Waals surface area contributed by atoms with Crippen LogP contribution in [0.3, 0.4) is 0 Å². The van der Waals surface area contributed by atoms with Crippen molar-refractivity contribution in [2.75, 3.05) is 32.7 Å². The minimum Gasteiger partial charge on any atom is -0.444 e. The Labute approximate surface area is 290 Å². The first kappa shape index (κ1) is 33.9. The Balaban J connectivity index is 1.31. The molecule has 252 valence electrons. The predicted octanol–water partition coefficient (Wildman–Crippen LogP) is 5.54. The molecule has 2 amide bonds. The Hall–Kier alpha value is -2.99. The van der Waals surface area contributed by atoms with Gasteiger partial charge in [-0.3, -0.25) is 19.6 Å². The van der Waals surface area contributed by atoms with Gasteiger partial charge in [0.2, 0.25) is 5.91 Å². The number of piperidine rings is 1. The van der Waals surface area contributed by atoms with Crippen LogP contribution in [0.25, 0.3) is 0 Å². The summed E-state index contributed by atoms with van der Waals surface area (Å²) in [5.41, 5.74) is 5.37. The zero-order chi connectivity index (χ0) is 33.5. The fraction of sp³-hybridized carbons (Fsp3) is 0.543. The number of aliphatic hydroxyl groups excluding tert-OH is 1. The van der Waals surface area contributed by atoms with E-state index in [1.54, 1.807) is 11.2 Å². The number of fused-ring (bicyclic) bond motifs is 2. The summed E-state index contributed by atoms with van der Waals surface area (Å²) in [4.78, 5) is 43.4. The van der Waals surface area contributed by atoms with Gasteiger partial charge < -0.3 is 19.3 Å². The van der Waals surface area contributed by atoms with Gasteiger partial charge in [0.1, 0.15) is 11.6 Å². The number of amides is 2. The second-order valence-corrected chi connectivity index (χ2v) is 15.4. The number of hydrogen-bond donors (Lipinski definition) is 1. The van der Waals surface area contributed by atoms with Gasteiger partial charge in [0.25, 0.3) is 0 Å². The molecule has 1 unspecified atom stereocenters. The number of carbonyl (C=O) groups is 2. The molecule has 1 N–H and O–H groups in total. The lowest BCUT2D eigenvalue weighted by Gasteiger charge is -2.46. The zero-order valence-electron chi connectivity index (χ0n) is 27.6. The maximum Gasteiger partial charge on any atom is 0.411 e. The molecular formula is C35H44BrClN6O4. The number of carbonyl (C=O) groups excluding carboxylic acids is 2. The van der Waals surface area contributed by atoms with E-state index < -0.39 is 17.7 Å². The molecule has 12 heteroatoms. The molecule has 3 aromatic rings. The number of aliphatic hydroxyl groups is 1. The van der Waals surface area contributed by atoms with E-state index in [0.717, 1.165) is 52.7 Å². The van der Waals surface area contributed by atoms with Crippen molar-refractivity contribution in [2.24, 2.45) is 5.92 Å². The van der Waals surface area contributed by atoms with Crippen molar-refractivity contribution in [3.63, 3.8) is 0 Å². The third kappa shape index (κ3) is 7.38. The van der Waals surface area contributed by atoms with Crippen LogP contribution in [0.15, 0.2) is 41.3 Å². The average molecular weight is 728 g/mol. The number of ether oxygens (including phenoxy) is 1. The monoisotopic (exact) mass is 726 g/mol. The second-order valence-electron chi connectivity index (χ2n) is 14.0. The number of imidazole rings is 1. The second kappa shape index (κ2) is 13.9. The van der Waals surface area contributed by atoms with Crippen LogP contribution in [-0.2, 0) is 35.5 Å². The molecule has 2 fully saturated rings. The summed E-state index contributed by atoms with van der Waals surface area (Å²) >= 11 is 10.1. The van der Waals surface area contributed by atoms with E-state index in [-0.39, 0.29) is 24.5 Å². The smallest absolute Gasteiger partial charge is 0.411 e. The molecule has 0 saturated carbocycles. The maximum atomic E-state index is 14.6. The molecule has 0 spiro atoms. The molecule has 2 aliphatic heterocycles. The molecular weight excluding hydrogens is 684 g/mol. The van der Waals surface area contributed by atoms with Gasteiger partial charge in [-0.25, -0.2) is 9.78 Å². The largest absolute Gasteiger partial charge is 0.444 e. The molecule has 2 aromatic heterocycles. The predicted molar refractivity (Wildman–Crippen MR) is 183 cm³/mol. The fourth-order valence-electron chi connectivity index (χ4n) is 7.30. The SMILES string of the molecule is Cc1c(CO)ncn1C[C@@H]1CCCN(C(=O)[C@H]2CN(C3c4ccc(Cl)cc4CCc4cc(Br)cnc43)CCN2C(=O)OC(C)(C)C)C1. The van der Waals surface area contributed by atoms with Gasteiger partial charge in [0.15, 0.2) is 0 Å². The van der Waals surface area contributed by atoms with Gasteiger partial charge in [-0.05, 0) is 110 Å². The van der Waals surface area contributed by atoms with E-state index in [9.17, 15) is 14.7 Å². The number of benzene rings is 1. The van der Waals surface area contributed by atoms with Crippen LogP contribution in [0.1, 0.15) is 73.4 Å². The molecule has 3 atom stereocenters. The lowest BCUT2D eigenvalue weighted by molar-refractivity contribution is -0.141. The number of halogens is 2. The summed E-state index contributed by atoms with van der Waals surface area (Å²) in [5, 5.41) is 10.3. The van der Waals surface area contributed by atoms with Crippen molar-refractivity contribution >= 4 is 39.5 Å². The number of aryl methyl sites for hydroxylation is 2. The number of pyridine rings is 1. The first-order valence-corrected chi connectivity index (χ1v) is 17.7. The Morgan fingerprint density at radius 2 is 1.87 bits per heavy atom. The van der Waals surface area contributed by atoms with Crippen molar-refractivity contribution in [1.82, 2.24) is 29.2 Å². The summed E-state index contributed by atoms with van der Waals surface area (Å²) in [7, 11) is 0. The van der Waals surface area contributed by atoms with E-state index in [4.69, 9.17) is 21.3 Å². The van der Waals surface area contributed by atoms with E-state index in [1.165, 1.54) is 5.56 Å². The van der Waals surface area contributed by atoms with Crippen LogP contribution in [-0.4, -0.2) is 90.7 Å². The van der Waals surface area contributed by atoms with Gasteiger partial charge in [-0.15, -0.1) is 0 Å². The van der Waals surface area contributed by atoms with Crippen LogP contribution < -0.4 is 0 Å². The summed E-state index contributed by atoms with van der Waals surface area (Å²) in [6, 6.07) is 7.30. The minimum absolute atomic E-state index is 0.0578. The first-order chi connectivity index (χ1) is 22.4. The number of aromatic nitrogens is 3. The summed E-state index contributed by atoms with van der Waals surface area (Å²) in [6.07, 6.45) is 6.68. The molecule has 0 radical (unpaired) electrons. The van der Waals surface area contributed by atoms with Crippen LogP contribution in [0.2, 0.25) is 5.02 Å². The lowest BCUT2D eigenvalue weighted by Crippen LogP contribution is -2.63. The molecule has 1 aromatic carbocycles. The van der Waals surface area contributed by atoms with Gasteiger partial charge in [0, 0.05) is 60.7 Å². The van der Waals surface area contributed by atoms with Crippen LogP contribution in [0, 0.1) is 12.8 Å². The molecule has 2 saturated heterocycles. The third-order valence-electron chi connectivity index (χ3n) is 9.62. The molecule has 1 aliphatic carbocycles. The van der Waals surface area contributed by atoms with Crippen LogP contribution >= 0.6 is 27.5 Å². The highest BCUT2D eigenvalue weighted by molar-refractivity contribution is 9.10. The average Bonchev–Trinajstić information content (AvgIpc) is 3.30. The topological polar surface area (TPSA) is 104 Å². The highest BCUT2D eigenvalue weighted by atomic mass is 79.9. The Bertz CT molecular complexity index is 1590. The van der Waals surface area contributed by atoms with Crippen molar-refractivity contribution in [2.45, 2.75) is 84.2 Å².